The van der Waals surface area contributed by atoms with Crippen molar-refractivity contribution < 1.29 is 27.5 Å². The predicted octanol–water partition coefficient (Wildman–Crippen LogP) is 4.40. The van der Waals surface area contributed by atoms with Crippen LogP contribution in [-0.2, 0) is 32.5 Å². The van der Waals surface area contributed by atoms with Gasteiger partial charge in [0.1, 0.15) is 6.61 Å². The van der Waals surface area contributed by atoms with Gasteiger partial charge in [0, 0.05) is 29.0 Å². The molecule has 0 bridgehead atoms. The van der Waals surface area contributed by atoms with E-state index in [4.69, 9.17) is 9.47 Å². The van der Waals surface area contributed by atoms with E-state index in [0.29, 0.717) is 37.2 Å². The molecule has 1 heterocycles. The molecule has 1 fully saturated rings. The average molecular weight is 587 g/mol. The number of carbonyl (C=O) groups excluding carboxylic acids is 2. The number of hydrogen-bond acceptors (Lipinski definition) is 6. The Morgan fingerprint density at radius 3 is 2.54 bits per heavy atom. The van der Waals surface area contributed by atoms with Gasteiger partial charge < -0.3 is 14.4 Å². The van der Waals surface area contributed by atoms with Crippen LogP contribution in [0.1, 0.15) is 21.5 Å². The maximum Gasteiger partial charge on any atom is 0.410 e. The molecule has 0 saturated carbocycles. The molecule has 1 saturated heterocycles. The molecule has 10 heteroatoms. The van der Waals surface area contributed by atoms with Gasteiger partial charge in [0.25, 0.3) is 15.9 Å². The minimum Gasteiger partial charge on any atom is -0.445 e. The highest BCUT2D eigenvalue weighted by Gasteiger charge is 2.25. The van der Waals surface area contributed by atoms with E-state index in [-0.39, 0.29) is 23.0 Å². The van der Waals surface area contributed by atoms with Crippen LogP contribution in [0.4, 0.5) is 4.79 Å². The van der Waals surface area contributed by atoms with Crippen molar-refractivity contribution >= 4 is 38.0 Å². The number of hydrogen-bond donors (Lipinski definition) is 1. The highest BCUT2D eigenvalue weighted by Crippen LogP contribution is 2.19. The zero-order valence-electron chi connectivity index (χ0n) is 20.0. The lowest BCUT2D eigenvalue weighted by Crippen LogP contribution is -2.36. The second-order valence-corrected chi connectivity index (χ2v) is 11.3. The fourth-order valence-electron chi connectivity index (χ4n) is 4.03. The number of carbonyl (C=O) groups is 2. The monoisotopic (exact) mass is 586 g/mol. The number of halogens is 1. The third-order valence-corrected chi connectivity index (χ3v) is 7.67. The summed E-state index contributed by atoms with van der Waals surface area (Å²) in [4.78, 5) is 27.1. The topological polar surface area (TPSA) is 102 Å². The molecule has 1 aliphatic heterocycles. The summed E-state index contributed by atoms with van der Waals surface area (Å²) in [5, 5.41) is 0. The van der Waals surface area contributed by atoms with Gasteiger partial charge in [0.15, 0.2) is 0 Å². The van der Waals surface area contributed by atoms with Crippen molar-refractivity contribution in [1.29, 1.82) is 0 Å². The number of nitrogens with zero attached hydrogens (tertiary/aromatic N) is 1. The van der Waals surface area contributed by atoms with Crippen LogP contribution in [0.25, 0.3) is 0 Å². The molecule has 0 unspecified atom stereocenters. The molecule has 1 atom stereocenters. The van der Waals surface area contributed by atoms with Crippen molar-refractivity contribution in [2.75, 3.05) is 26.3 Å². The summed E-state index contributed by atoms with van der Waals surface area (Å²) in [7, 11) is -4.03. The minimum atomic E-state index is -4.03. The molecule has 0 radical (unpaired) electrons. The van der Waals surface area contributed by atoms with Gasteiger partial charge in [-0.3, -0.25) is 4.79 Å². The molecule has 8 nitrogen and oxygen atoms in total. The van der Waals surface area contributed by atoms with Crippen molar-refractivity contribution in [3.05, 3.63) is 100 Å². The number of amides is 2. The van der Waals surface area contributed by atoms with E-state index < -0.39 is 22.0 Å². The Morgan fingerprint density at radius 2 is 1.76 bits per heavy atom. The molecule has 0 aliphatic carbocycles. The van der Waals surface area contributed by atoms with Gasteiger partial charge in [-0.1, -0.05) is 64.5 Å². The highest BCUT2D eigenvalue weighted by molar-refractivity contribution is 9.10. The largest absolute Gasteiger partial charge is 0.445 e. The summed E-state index contributed by atoms with van der Waals surface area (Å²) in [6, 6.07) is 22.4. The zero-order valence-corrected chi connectivity index (χ0v) is 22.4. The number of rotatable bonds is 7. The van der Waals surface area contributed by atoms with Gasteiger partial charge in [-0.2, -0.15) is 0 Å². The maximum absolute atomic E-state index is 12.8. The van der Waals surface area contributed by atoms with E-state index in [1.807, 2.05) is 36.4 Å². The average Bonchev–Trinajstić information content (AvgIpc) is 3.13. The zero-order chi connectivity index (χ0) is 26.3. The standard InChI is InChI=1S/C27H27BrN2O6S/c28-24-10-5-11-25(16-24)37(33,34)29-26(31)23-9-4-8-21(15-23)14-22-17-30(12-13-35-18-22)27(32)36-19-20-6-2-1-3-7-20/h1-11,15-16,22H,12-14,17-19H2,(H,29,31)/t22-/m0/s1. The lowest BCUT2D eigenvalue weighted by Gasteiger charge is -2.23. The summed E-state index contributed by atoms with van der Waals surface area (Å²) in [6.45, 7) is 1.94. The molecule has 1 aliphatic rings. The van der Waals surface area contributed by atoms with Crippen molar-refractivity contribution in [2.45, 2.75) is 17.9 Å². The molecule has 37 heavy (non-hydrogen) atoms. The molecule has 2 amide bonds. The van der Waals surface area contributed by atoms with Crippen LogP contribution in [0.2, 0.25) is 0 Å². The fourth-order valence-corrected chi connectivity index (χ4v) is 5.60. The molecule has 0 aromatic heterocycles. The Labute approximate surface area is 224 Å². The number of benzene rings is 3. The molecule has 4 rings (SSSR count). The first-order valence-electron chi connectivity index (χ1n) is 11.8. The van der Waals surface area contributed by atoms with Crippen molar-refractivity contribution in [1.82, 2.24) is 9.62 Å². The molecule has 194 valence electrons. The Hall–Kier alpha value is -3.21. The van der Waals surface area contributed by atoms with Crippen LogP contribution >= 0.6 is 15.9 Å². The molecule has 1 N–H and O–H groups in total. The third kappa shape index (κ3) is 7.64. The summed E-state index contributed by atoms with van der Waals surface area (Å²) >= 11 is 3.24. The first kappa shape index (κ1) is 26.8. The quantitative estimate of drug-likeness (QED) is 0.440. The van der Waals surface area contributed by atoms with E-state index in [2.05, 4.69) is 20.7 Å². The molecule has 3 aromatic carbocycles. The number of sulfonamides is 1. The Bertz CT molecular complexity index is 1350. The smallest absolute Gasteiger partial charge is 0.410 e. The second kappa shape index (κ2) is 12.4. The third-order valence-electron chi connectivity index (χ3n) is 5.85. The van der Waals surface area contributed by atoms with Gasteiger partial charge in [0.2, 0.25) is 0 Å². The highest BCUT2D eigenvalue weighted by atomic mass is 79.9. The van der Waals surface area contributed by atoms with E-state index in [1.54, 1.807) is 35.2 Å². The first-order chi connectivity index (χ1) is 17.8. The molecule has 3 aromatic rings. The van der Waals surface area contributed by atoms with Crippen molar-refractivity contribution in [3.63, 3.8) is 0 Å². The van der Waals surface area contributed by atoms with Crippen LogP contribution < -0.4 is 4.72 Å². The van der Waals surface area contributed by atoms with Crippen LogP contribution in [0.3, 0.4) is 0 Å². The molecular weight excluding hydrogens is 560 g/mol. The van der Waals surface area contributed by atoms with Gasteiger partial charge >= 0.3 is 6.09 Å². The van der Waals surface area contributed by atoms with E-state index in [1.165, 1.54) is 12.1 Å². The Morgan fingerprint density at radius 1 is 1.00 bits per heavy atom. The molecular formula is C27H27BrN2O6S. The summed E-state index contributed by atoms with van der Waals surface area (Å²) in [5.41, 5.74) is 1.97. The molecule has 0 spiro atoms. The summed E-state index contributed by atoms with van der Waals surface area (Å²) in [5.74, 6) is -0.736. The van der Waals surface area contributed by atoms with Gasteiger partial charge in [0.05, 0.1) is 18.1 Å². The van der Waals surface area contributed by atoms with Crippen molar-refractivity contribution in [2.24, 2.45) is 5.92 Å². The normalized spacial score (nSPS) is 16.0. The predicted molar refractivity (Wildman–Crippen MR) is 141 cm³/mol. The summed E-state index contributed by atoms with van der Waals surface area (Å²) in [6.07, 6.45) is 0.146. The first-order valence-corrected chi connectivity index (χ1v) is 14.0. The van der Waals surface area contributed by atoms with E-state index in [9.17, 15) is 18.0 Å². The number of ether oxygens (including phenoxy) is 2. The van der Waals surface area contributed by atoms with Crippen molar-refractivity contribution in [3.8, 4) is 0 Å². The lowest BCUT2D eigenvalue weighted by atomic mass is 9.98. The van der Waals surface area contributed by atoms with Crippen LogP contribution in [0, 0.1) is 5.92 Å². The van der Waals surface area contributed by atoms with Gasteiger partial charge in [-0.25, -0.2) is 17.9 Å². The van der Waals surface area contributed by atoms with Gasteiger partial charge in [-0.15, -0.1) is 0 Å². The second-order valence-electron chi connectivity index (χ2n) is 8.72. The Balaban J connectivity index is 1.38. The number of nitrogens with one attached hydrogen (secondary N) is 1. The van der Waals surface area contributed by atoms with E-state index in [0.717, 1.165) is 11.1 Å². The maximum atomic E-state index is 12.8. The van der Waals surface area contributed by atoms with E-state index >= 15 is 0 Å². The SMILES string of the molecule is O=C(NS(=O)(=O)c1cccc(Br)c1)c1cccc(C[C@@H]2COCCN(C(=O)OCc3ccccc3)C2)c1. The Kier molecular flexibility index (Phi) is 8.96. The summed E-state index contributed by atoms with van der Waals surface area (Å²) < 4.78 is 39.2. The van der Waals surface area contributed by atoms with Crippen LogP contribution in [-0.4, -0.2) is 51.6 Å². The fraction of sp³-hybridized carbons (Fsp3) is 0.259. The van der Waals surface area contributed by atoms with Crippen LogP contribution in [0.15, 0.2) is 88.2 Å². The lowest BCUT2D eigenvalue weighted by molar-refractivity contribution is 0.0914. The van der Waals surface area contributed by atoms with Gasteiger partial charge in [-0.05, 0) is 47.9 Å². The van der Waals surface area contributed by atoms with Crippen LogP contribution in [0.5, 0.6) is 0 Å². The minimum absolute atomic E-state index is 0.0128.